The maximum Gasteiger partial charge on any atom is 0.231 e. The van der Waals surface area contributed by atoms with Crippen LogP contribution in [-0.4, -0.2) is 24.2 Å². The molecule has 0 radical (unpaired) electrons. The fourth-order valence-corrected chi connectivity index (χ4v) is 4.91. The Bertz CT molecular complexity index is 1040. The van der Waals surface area contributed by atoms with E-state index in [4.69, 9.17) is 19.6 Å². The molecule has 140 valence electrons. The molecule has 0 atom stereocenters. The molecule has 3 heterocycles. The van der Waals surface area contributed by atoms with Gasteiger partial charge >= 0.3 is 0 Å². The smallest absolute Gasteiger partial charge is 0.231 e. The first-order valence-electron chi connectivity index (χ1n) is 8.65. The van der Waals surface area contributed by atoms with Crippen LogP contribution >= 0.6 is 38.6 Å². The molecule has 0 amide bonds. The molecule has 0 saturated carbocycles. The highest BCUT2D eigenvalue weighted by atomic mass is 79.9. The summed E-state index contributed by atoms with van der Waals surface area (Å²) in [6, 6.07) is 9.97. The van der Waals surface area contributed by atoms with Crippen molar-refractivity contribution in [1.82, 2.24) is 4.68 Å². The van der Waals surface area contributed by atoms with Crippen LogP contribution in [0.25, 0.3) is 10.6 Å². The average Bonchev–Trinajstić information content (AvgIpc) is 3.39. The van der Waals surface area contributed by atoms with Gasteiger partial charge in [-0.3, -0.25) is 4.99 Å². The second-order valence-corrected chi connectivity index (χ2v) is 9.21. The van der Waals surface area contributed by atoms with Crippen LogP contribution in [-0.2, 0) is 0 Å². The van der Waals surface area contributed by atoms with Crippen molar-refractivity contribution in [3.05, 3.63) is 49.9 Å². The van der Waals surface area contributed by atoms with Gasteiger partial charge in [-0.1, -0.05) is 13.3 Å². The van der Waals surface area contributed by atoms with Gasteiger partial charge in [0, 0.05) is 11.9 Å². The second kappa shape index (κ2) is 8.41. The minimum atomic E-state index is 0.271. The Morgan fingerprint density at radius 3 is 2.93 bits per heavy atom. The number of hydrogen-bond donors (Lipinski definition) is 0. The maximum atomic E-state index is 5.45. The van der Waals surface area contributed by atoms with Gasteiger partial charge in [-0.25, -0.2) is 4.68 Å². The summed E-state index contributed by atoms with van der Waals surface area (Å²) in [7, 11) is 0. The lowest BCUT2D eigenvalue weighted by Crippen LogP contribution is -2.12. The molecule has 0 bridgehead atoms. The van der Waals surface area contributed by atoms with E-state index in [9.17, 15) is 0 Å². The first kappa shape index (κ1) is 18.5. The van der Waals surface area contributed by atoms with Crippen LogP contribution < -0.4 is 14.3 Å². The number of hydrogen-bond acceptors (Lipinski definition) is 6. The molecule has 0 N–H and O–H groups in total. The van der Waals surface area contributed by atoms with Gasteiger partial charge in [0.05, 0.1) is 20.6 Å². The Labute approximate surface area is 173 Å². The van der Waals surface area contributed by atoms with Crippen molar-refractivity contribution in [3.8, 4) is 22.1 Å². The standard InChI is InChI=1S/C19H18BrN3O2S2/c1-2-3-8-21-19-23(14(11-26-19)17-6-7-18(20)27-17)22-10-13-4-5-15-16(9-13)25-12-24-15/h4-7,9-11H,2-3,8,12H2,1H3. The van der Waals surface area contributed by atoms with Crippen molar-refractivity contribution in [2.45, 2.75) is 19.8 Å². The molecule has 27 heavy (non-hydrogen) atoms. The van der Waals surface area contributed by atoms with Gasteiger partial charge < -0.3 is 9.47 Å². The molecular weight excluding hydrogens is 446 g/mol. The predicted octanol–water partition coefficient (Wildman–Crippen LogP) is 5.35. The van der Waals surface area contributed by atoms with Crippen LogP contribution in [0, 0.1) is 0 Å². The molecule has 2 aromatic heterocycles. The van der Waals surface area contributed by atoms with E-state index >= 15 is 0 Å². The molecule has 0 fully saturated rings. The summed E-state index contributed by atoms with van der Waals surface area (Å²) < 4.78 is 13.8. The van der Waals surface area contributed by atoms with Gasteiger partial charge in [0.2, 0.25) is 11.6 Å². The number of nitrogens with zero attached hydrogens (tertiary/aromatic N) is 3. The first-order chi connectivity index (χ1) is 13.2. The molecule has 5 nitrogen and oxygen atoms in total. The Balaban J connectivity index is 1.70. The molecule has 0 aliphatic carbocycles. The molecule has 3 aromatic rings. The summed E-state index contributed by atoms with van der Waals surface area (Å²) >= 11 is 6.84. The Kier molecular flexibility index (Phi) is 5.75. The fourth-order valence-electron chi connectivity index (χ4n) is 2.59. The third-order valence-electron chi connectivity index (χ3n) is 3.99. The molecule has 1 aromatic carbocycles. The van der Waals surface area contributed by atoms with E-state index in [0.29, 0.717) is 0 Å². The second-order valence-electron chi connectivity index (χ2n) is 5.91. The van der Waals surface area contributed by atoms with E-state index in [1.54, 1.807) is 22.7 Å². The number of thiophene rings is 1. The van der Waals surface area contributed by atoms with Gasteiger partial charge in [-0.05, 0) is 58.2 Å². The summed E-state index contributed by atoms with van der Waals surface area (Å²) in [5.74, 6) is 1.53. The third kappa shape index (κ3) is 4.17. The topological polar surface area (TPSA) is 48.1 Å². The van der Waals surface area contributed by atoms with Crippen molar-refractivity contribution in [1.29, 1.82) is 0 Å². The summed E-state index contributed by atoms with van der Waals surface area (Å²) in [5, 5.41) is 6.84. The quantitative estimate of drug-likeness (QED) is 0.365. The number of ether oxygens (including phenoxy) is 2. The third-order valence-corrected chi connectivity index (χ3v) is 6.49. The van der Waals surface area contributed by atoms with Crippen LogP contribution in [0.15, 0.2) is 49.6 Å². The van der Waals surface area contributed by atoms with Crippen molar-refractivity contribution in [2.24, 2.45) is 10.1 Å². The van der Waals surface area contributed by atoms with E-state index in [2.05, 4.69) is 40.4 Å². The lowest BCUT2D eigenvalue weighted by atomic mass is 10.2. The lowest BCUT2D eigenvalue weighted by molar-refractivity contribution is 0.174. The van der Waals surface area contributed by atoms with Gasteiger partial charge in [0.1, 0.15) is 0 Å². The highest BCUT2D eigenvalue weighted by Gasteiger charge is 2.13. The van der Waals surface area contributed by atoms with Crippen LogP contribution in [0.5, 0.6) is 11.5 Å². The van der Waals surface area contributed by atoms with Gasteiger partial charge in [-0.2, -0.15) is 5.10 Å². The first-order valence-corrected chi connectivity index (χ1v) is 11.1. The van der Waals surface area contributed by atoms with Crippen molar-refractivity contribution >= 4 is 44.8 Å². The molecule has 8 heteroatoms. The maximum absolute atomic E-state index is 5.45. The van der Waals surface area contributed by atoms with Crippen LogP contribution in [0.2, 0.25) is 0 Å². The van der Waals surface area contributed by atoms with E-state index < -0.39 is 0 Å². The molecule has 1 aliphatic heterocycles. The monoisotopic (exact) mass is 463 g/mol. The summed E-state index contributed by atoms with van der Waals surface area (Å²) in [4.78, 5) is 6.79. The fraction of sp³-hybridized carbons (Fsp3) is 0.263. The normalized spacial score (nSPS) is 13.8. The number of halogens is 1. The van der Waals surface area contributed by atoms with Gasteiger partial charge in [-0.15, -0.1) is 22.7 Å². The van der Waals surface area contributed by atoms with E-state index in [1.807, 2.05) is 29.1 Å². The molecule has 4 rings (SSSR count). The zero-order valence-electron chi connectivity index (χ0n) is 14.7. The van der Waals surface area contributed by atoms with Gasteiger partial charge in [0.25, 0.3) is 0 Å². The zero-order chi connectivity index (χ0) is 18.6. The van der Waals surface area contributed by atoms with E-state index in [1.165, 1.54) is 0 Å². The number of benzene rings is 1. The number of aromatic nitrogens is 1. The van der Waals surface area contributed by atoms with Crippen molar-refractivity contribution in [3.63, 3.8) is 0 Å². The summed E-state index contributed by atoms with van der Waals surface area (Å²) in [5.41, 5.74) is 2.00. The number of thiazole rings is 1. The van der Waals surface area contributed by atoms with E-state index in [0.717, 1.165) is 55.6 Å². The highest BCUT2D eigenvalue weighted by Crippen LogP contribution is 2.33. The van der Waals surface area contributed by atoms with Crippen LogP contribution in [0.1, 0.15) is 25.3 Å². The summed E-state index contributed by atoms with van der Waals surface area (Å²) in [6.07, 6.45) is 4.03. The van der Waals surface area contributed by atoms with Crippen LogP contribution in [0.4, 0.5) is 0 Å². The van der Waals surface area contributed by atoms with Crippen molar-refractivity contribution < 1.29 is 9.47 Å². The molecular formula is C19H18BrN3O2S2. The highest BCUT2D eigenvalue weighted by molar-refractivity contribution is 9.11. The Hall–Kier alpha value is -1.90. The van der Waals surface area contributed by atoms with Crippen molar-refractivity contribution in [2.75, 3.05) is 13.3 Å². The molecule has 0 saturated heterocycles. The Morgan fingerprint density at radius 2 is 2.11 bits per heavy atom. The molecule has 1 aliphatic rings. The molecule has 0 unspecified atom stereocenters. The average molecular weight is 464 g/mol. The largest absolute Gasteiger partial charge is 0.454 e. The minimum Gasteiger partial charge on any atom is -0.454 e. The summed E-state index contributed by atoms with van der Waals surface area (Å²) in [6.45, 7) is 3.25. The number of unbranched alkanes of at least 4 members (excludes halogenated alkanes) is 1. The number of fused-ring (bicyclic) bond motifs is 1. The van der Waals surface area contributed by atoms with E-state index in [-0.39, 0.29) is 6.79 Å². The van der Waals surface area contributed by atoms with Gasteiger partial charge in [0.15, 0.2) is 11.5 Å². The minimum absolute atomic E-state index is 0.271. The Morgan fingerprint density at radius 1 is 1.22 bits per heavy atom. The predicted molar refractivity (Wildman–Crippen MR) is 114 cm³/mol. The lowest BCUT2D eigenvalue weighted by Gasteiger charge is -2.02. The SMILES string of the molecule is CCCCN=c1scc(-c2ccc(Br)s2)n1N=Cc1ccc2c(c1)OCO2. The zero-order valence-corrected chi connectivity index (χ0v) is 17.9. The van der Waals surface area contributed by atoms with Crippen LogP contribution in [0.3, 0.4) is 0 Å². The molecule has 0 spiro atoms. The number of rotatable bonds is 6.